The van der Waals surface area contributed by atoms with E-state index >= 15 is 0 Å². The highest BCUT2D eigenvalue weighted by molar-refractivity contribution is 5.76. The minimum atomic E-state index is -0.936. The van der Waals surface area contributed by atoms with Crippen molar-refractivity contribution >= 4 is 12.3 Å². The van der Waals surface area contributed by atoms with E-state index in [9.17, 15) is 9.59 Å². The number of carbonyl (C=O) groups excluding carboxylic acids is 1. The first-order valence-electron chi connectivity index (χ1n) is 11.1. The Morgan fingerprint density at radius 1 is 0.769 bits per heavy atom. The largest absolute Gasteiger partial charge is 0.480 e. The SMILES string of the molecule is CCCCCCCCCCCCCCCCCCNC(CC=O)C(=O)O. The van der Waals surface area contributed by atoms with Crippen LogP contribution >= 0.6 is 0 Å². The van der Waals surface area contributed by atoms with Crippen molar-refractivity contribution in [2.75, 3.05) is 6.54 Å². The second kappa shape index (κ2) is 20.4. The molecule has 0 aromatic rings. The van der Waals surface area contributed by atoms with Crippen molar-refractivity contribution in [1.82, 2.24) is 5.32 Å². The van der Waals surface area contributed by atoms with E-state index < -0.39 is 12.0 Å². The Kier molecular flexibility index (Phi) is 19.7. The maximum atomic E-state index is 10.9. The fourth-order valence-corrected chi connectivity index (χ4v) is 3.32. The van der Waals surface area contributed by atoms with E-state index in [1.165, 1.54) is 89.9 Å². The highest BCUT2D eigenvalue weighted by Gasteiger charge is 2.14. The second-order valence-corrected chi connectivity index (χ2v) is 7.55. The third kappa shape index (κ3) is 17.9. The van der Waals surface area contributed by atoms with Crippen molar-refractivity contribution < 1.29 is 14.7 Å². The molecule has 0 aliphatic rings. The van der Waals surface area contributed by atoms with Crippen molar-refractivity contribution in [3.8, 4) is 0 Å². The Labute approximate surface area is 161 Å². The number of nitrogens with one attached hydrogen (secondary N) is 1. The van der Waals surface area contributed by atoms with E-state index in [0.29, 0.717) is 12.8 Å². The molecule has 0 fully saturated rings. The summed E-state index contributed by atoms with van der Waals surface area (Å²) in [6, 6.07) is -0.719. The summed E-state index contributed by atoms with van der Waals surface area (Å²) >= 11 is 0. The van der Waals surface area contributed by atoms with E-state index in [1.807, 2.05) is 0 Å². The van der Waals surface area contributed by atoms with E-state index in [4.69, 9.17) is 5.11 Å². The summed E-state index contributed by atoms with van der Waals surface area (Å²) in [5.74, 6) is -0.936. The van der Waals surface area contributed by atoms with Crippen molar-refractivity contribution in [3.05, 3.63) is 0 Å². The maximum Gasteiger partial charge on any atom is 0.321 e. The van der Waals surface area contributed by atoms with Gasteiger partial charge in [-0.05, 0) is 13.0 Å². The molecule has 0 rings (SSSR count). The van der Waals surface area contributed by atoms with Crippen LogP contribution in [0.4, 0.5) is 0 Å². The highest BCUT2D eigenvalue weighted by atomic mass is 16.4. The summed E-state index contributed by atoms with van der Waals surface area (Å²) in [5, 5.41) is 11.9. The predicted molar refractivity (Wildman–Crippen MR) is 110 cm³/mol. The number of rotatable bonds is 21. The fourth-order valence-electron chi connectivity index (χ4n) is 3.32. The Morgan fingerprint density at radius 3 is 1.50 bits per heavy atom. The Balaban J connectivity index is 3.17. The lowest BCUT2D eigenvalue weighted by Gasteiger charge is -2.11. The van der Waals surface area contributed by atoms with E-state index in [2.05, 4.69) is 12.2 Å². The standard InChI is InChI=1S/C22H43NO3/c1-2-3-4-5-6-7-8-9-10-11-12-13-14-15-16-17-19-23-21(18-20-24)22(25)26/h20-21,23H,2-19H2,1H3,(H,25,26). The lowest BCUT2D eigenvalue weighted by Crippen LogP contribution is -2.37. The topological polar surface area (TPSA) is 66.4 Å². The van der Waals surface area contributed by atoms with Gasteiger partial charge in [0, 0.05) is 6.42 Å². The zero-order chi connectivity index (χ0) is 19.3. The van der Waals surface area contributed by atoms with Gasteiger partial charge < -0.3 is 15.2 Å². The fraction of sp³-hybridized carbons (Fsp3) is 0.909. The normalized spacial score (nSPS) is 12.2. The summed E-state index contributed by atoms with van der Waals surface area (Å²) in [7, 11) is 0. The first kappa shape index (κ1) is 25.1. The lowest BCUT2D eigenvalue weighted by molar-refractivity contribution is -0.140. The third-order valence-electron chi connectivity index (χ3n) is 5.05. The molecule has 0 bridgehead atoms. The molecule has 0 radical (unpaired) electrons. The molecule has 0 amide bonds. The molecule has 0 aliphatic heterocycles. The smallest absolute Gasteiger partial charge is 0.321 e. The lowest BCUT2D eigenvalue weighted by atomic mass is 10.0. The number of hydrogen-bond acceptors (Lipinski definition) is 3. The van der Waals surface area contributed by atoms with Gasteiger partial charge in [-0.2, -0.15) is 0 Å². The minimum Gasteiger partial charge on any atom is -0.480 e. The molecule has 0 saturated carbocycles. The van der Waals surface area contributed by atoms with Gasteiger partial charge >= 0.3 is 5.97 Å². The molecule has 154 valence electrons. The van der Waals surface area contributed by atoms with Crippen LogP contribution in [-0.4, -0.2) is 29.9 Å². The van der Waals surface area contributed by atoms with Crippen molar-refractivity contribution in [3.63, 3.8) is 0 Å². The number of hydrogen-bond donors (Lipinski definition) is 2. The monoisotopic (exact) mass is 369 g/mol. The number of aldehydes is 1. The van der Waals surface area contributed by atoms with Crippen LogP contribution < -0.4 is 5.32 Å². The number of carboxylic acid groups (broad SMARTS) is 1. The van der Waals surface area contributed by atoms with Gasteiger partial charge in [-0.1, -0.05) is 103 Å². The van der Waals surface area contributed by atoms with Gasteiger partial charge in [-0.25, -0.2) is 0 Å². The summed E-state index contributed by atoms with van der Waals surface area (Å²) in [6.07, 6.45) is 22.1. The molecule has 26 heavy (non-hydrogen) atoms. The van der Waals surface area contributed by atoms with Crippen LogP contribution in [-0.2, 0) is 9.59 Å². The van der Waals surface area contributed by atoms with Crippen LogP contribution in [0.2, 0.25) is 0 Å². The van der Waals surface area contributed by atoms with Gasteiger partial charge in [0.05, 0.1) is 0 Å². The molecule has 0 spiro atoms. The zero-order valence-electron chi connectivity index (χ0n) is 17.1. The van der Waals surface area contributed by atoms with Crippen LogP contribution in [0.5, 0.6) is 0 Å². The first-order chi connectivity index (χ1) is 12.7. The third-order valence-corrected chi connectivity index (χ3v) is 5.05. The quantitative estimate of drug-likeness (QED) is 0.196. The van der Waals surface area contributed by atoms with Crippen molar-refractivity contribution in [2.24, 2.45) is 0 Å². The van der Waals surface area contributed by atoms with E-state index in [0.717, 1.165) is 12.8 Å². The number of aliphatic carboxylic acids is 1. The van der Waals surface area contributed by atoms with Crippen LogP contribution in [0, 0.1) is 0 Å². The molecular formula is C22H43NO3. The molecular weight excluding hydrogens is 326 g/mol. The van der Waals surface area contributed by atoms with Gasteiger partial charge in [0.2, 0.25) is 0 Å². The van der Waals surface area contributed by atoms with Crippen LogP contribution in [0.15, 0.2) is 0 Å². The zero-order valence-corrected chi connectivity index (χ0v) is 17.1. The number of carboxylic acids is 1. The van der Waals surface area contributed by atoms with Gasteiger partial charge in [-0.3, -0.25) is 4.79 Å². The van der Waals surface area contributed by atoms with Crippen LogP contribution in [0.3, 0.4) is 0 Å². The predicted octanol–water partition coefficient (Wildman–Crippen LogP) is 5.88. The number of unbranched alkanes of at least 4 members (excludes halogenated alkanes) is 15. The number of carbonyl (C=O) groups is 2. The van der Waals surface area contributed by atoms with Gasteiger partial charge in [0.15, 0.2) is 0 Å². The van der Waals surface area contributed by atoms with Gasteiger partial charge in [-0.15, -0.1) is 0 Å². The summed E-state index contributed by atoms with van der Waals surface area (Å²) in [5.41, 5.74) is 0. The molecule has 4 nitrogen and oxygen atoms in total. The van der Waals surface area contributed by atoms with Crippen LogP contribution in [0.1, 0.15) is 116 Å². The molecule has 0 aromatic heterocycles. The molecule has 0 aliphatic carbocycles. The maximum absolute atomic E-state index is 10.9. The van der Waals surface area contributed by atoms with E-state index in [1.54, 1.807) is 0 Å². The van der Waals surface area contributed by atoms with Gasteiger partial charge in [0.1, 0.15) is 12.3 Å². The average Bonchev–Trinajstić information content (AvgIpc) is 2.63. The van der Waals surface area contributed by atoms with Gasteiger partial charge in [0.25, 0.3) is 0 Å². The van der Waals surface area contributed by atoms with Crippen molar-refractivity contribution in [1.29, 1.82) is 0 Å². The highest BCUT2D eigenvalue weighted by Crippen LogP contribution is 2.13. The summed E-state index contributed by atoms with van der Waals surface area (Å²) in [4.78, 5) is 21.3. The Hall–Kier alpha value is -0.900. The molecule has 1 unspecified atom stereocenters. The van der Waals surface area contributed by atoms with E-state index in [-0.39, 0.29) is 6.42 Å². The van der Waals surface area contributed by atoms with Crippen LogP contribution in [0.25, 0.3) is 0 Å². The molecule has 2 N–H and O–H groups in total. The molecule has 0 heterocycles. The summed E-state index contributed by atoms with van der Waals surface area (Å²) in [6.45, 7) is 2.95. The molecule has 1 atom stereocenters. The second-order valence-electron chi connectivity index (χ2n) is 7.55. The Bertz CT molecular complexity index is 321. The first-order valence-corrected chi connectivity index (χ1v) is 11.1. The molecule has 4 heteroatoms. The molecule has 0 aromatic carbocycles. The average molecular weight is 370 g/mol. The van der Waals surface area contributed by atoms with Crippen molar-refractivity contribution in [2.45, 2.75) is 122 Å². The Morgan fingerprint density at radius 2 is 1.15 bits per heavy atom. The molecule has 0 saturated heterocycles. The minimum absolute atomic E-state index is 0.0498. The summed E-state index contributed by atoms with van der Waals surface area (Å²) < 4.78 is 0.